The molecule has 3 N–H and O–H groups in total. The Balaban J connectivity index is 1.44. The number of pyridine rings is 1. The minimum Gasteiger partial charge on any atom is -0.491 e. The highest BCUT2D eigenvalue weighted by molar-refractivity contribution is 5.94. The normalized spacial score (nSPS) is 22.3. The zero-order valence-corrected chi connectivity index (χ0v) is 17.9. The number of nitrogens with zero attached hydrogens (tertiary/aromatic N) is 3. The predicted octanol–water partition coefficient (Wildman–Crippen LogP) is 3.62. The molecule has 1 aromatic carbocycles. The van der Waals surface area contributed by atoms with Gasteiger partial charge in [-0.25, -0.2) is 19.3 Å². The fourth-order valence-electron chi connectivity index (χ4n) is 4.18. The van der Waals surface area contributed by atoms with Gasteiger partial charge in [0.15, 0.2) is 5.65 Å². The van der Waals surface area contributed by atoms with E-state index in [9.17, 15) is 4.79 Å². The number of fused-ring (bicyclic) bond motifs is 4. The highest BCUT2D eigenvalue weighted by Gasteiger charge is 2.34. The quantitative estimate of drug-likeness (QED) is 0.576. The van der Waals surface area contributed by atoms with Gasteiger partial charge in [-0.1, -0.05) is 6.07 Å². The average Bonchev–Trinajstić information content (AvgIpc) is 3.52. The fraction of sp³-hybridized carbons (Fsp3) is 0.435. The second kappa shape index (κ2) is 7.67. The third kappa shape index (κ3) is 3.52. The molecular weight excluding hydrogens is 408 g/mol. The van der Waals surface area contributed by atoms with Crippen LogP contribution in [0.1, 0.15) is 31.2 Å². The van der Waals surface area contributed by atoms with E-state index in [2.05, 4.69) is 27.0 Å². The Labute approximate surface area is 185 Å². The van der Waals surface area contributed by atoms with Crippen molar-refractivity contribution < 1.29 is 14.3 Å². The van der Waals surface area contributed by atoms with Crippen LogP contribution in [0.15, 0.2) is 30.6 Å². The maximum absolute atomic E-state index is 13.0. The van der Waals surface area contributed by atoms with E-state index in [1.165, 1.54) is 23.7 Å². The van der Waals surface area contributed by atoms with Crippen LogP contribution in [0.2, 0.25) is 0 Å². The van der Waals surface area contributed by atoms with Gasteiger partial charge in [0.1, 0.15) is 23.4 Å². The third-order valence-corrected chi connectivity index (χ3v) is 6.46. The lowest BCUT2D eigenvalue weighted by Crippen LogP contribution is -2.52. The summed E-state index contributed by atoms with van der Waals surface area (Å²) in [7, 11) is 1.83. The van der Waals surface area contributed by atoms with Crippen molar-refractivity contribution in [3.8, 4) is 5.75 Å². The molecule has 3 aliphatic rings. The van der Waals surface area contributed by atoms with Crippen molar-refractivity contribution in [2.24, 2.45) is 5.92 Å². The summed E-state index contributed by atoms with van der Waals surface area (Å²) in [5.41, 5.74) is 3.79. The summed E-state index contributed by atoms with van der Waals surface area (Å²) in [6.07, 6.45) is 5.79. The van der Waals surface area contributed by atoms with Crippen molar-refractivity contribution in [2.75, 3.05) is 24.3 Å². The molecule has 9 nitrogen and oxygen atoms in total. The zero-order chi connectivity index (χ0) is 21.7. The summed E-state index contributed by atoms with van der Waals surface area (Å²) in [5.74, 6) is 2.04. The first-order valence-electron chi connectivity index (χ1n) is 11.2. The molecule has 2 fully saturated rings. The van der Waals surface area contributed by atoms with E-state index >= 15 is 0 Å². The number of anilines is 3. The van der Waals surface area contributed by atoms with Crippen LogP contribution >= 0.6 is 0 Å². The molecule has 2 aromatic heterocycles. The number of benzene rings is 1. The number of carbonyl (C=O) groups is 1. The Hall–Kier alpha value is -3.33. The first kappa shape index (κ1) is 19.4. The molecule has 0 saturated heterocycles. The summed E-state index contributed by atoms with van der Waals surface area (Å²) >= 11 is 0. The van der Waals surface area contributed by atoms with Gasteiger partial charge in [0.2, 0.25) is 0 Å². The van der Waals surface area contributed by atoms with Crippen LogP contribution in [0.4, 0.5) is 22.0 Å². The van der Waals surface area contributed by atoms with Crippen LogP contribution < -0.4 is 20.7 Å². The molecule has 0 spiro atoms. The smallest absolute Gasteiger partial charge is 0.328 e. The summed E-state index contributed by atoms with van der Waals surface area (Å²) in [6.45, 7) is 1.19. The summed E-state index contributed by atoms with van der Waals surface area (Å²) < 4.78 is 13.7. The maximum Gasteiger partial charge on any atom is 0.328 e. The molecule has 0 unspecified atom stereocenters. The van der Waals surface area contributed by atoms with Crippen LogP contribution in [0, 0.1) is 5.92 Å². The van der Waals surface area contributed by atoms with Crippen molar-refractivity contribution in [1.29, 1.82) is 0 Å². The van der Waals surface area contributed by atoms with E-state index in [-0.39, 0.29) is 18.2 Å². The number of imidazole rings is 1. The molecule has 32 heavy (non-hydrogen) atoms. The van der Waals surface area contributed by atoms with Gasteiger partial charge >= 0.3 is 6.03 Å². The Bertz CT molecular complexity index is 1190. The molecule has 9 heteroatoms. The van der Waals surface area contributed by atoms with Gasteiger partial charge in [-0.2, -0.15) is 0 Å². The fourth-order valence-corrected chi connectivity index (χ4v) is 4.18. The zero-order valence-electron chi connectivity index (χ0n) is 17.9. The Morgan fingerprint density at radius 3 is 2.94 bits per heavy atom. The van der Waals surface area contributed by atoms with Crippen molar-refractivity contribution in [3.63, 3.8) is 0 Å². The van der Waals surface area contributed by atoms with E-state index in [0.29, 0.717) is 29.5 Å². The maximum atomic E-state index is 13.0. The van der Waals surface area contributed by atoms with Gasteiger partial charge in [0.05, 0.1) is 36.7 Å². The number of nitrogens with one attached hydrogen (secondary N) is 3. The molecule has 2 saturated carbocycles. The van der Waals surface area contributed by atoms with E-state index in [1.807, 2.05) is 25.2 Å². The first-order chi connectivity index (χ1) is 15.7. The molecule has 166 valence electrons. The van der Waals surface area contributed by atoms with Gasteiger partial charge in [0.25, 0.3) is 0 Å². The summed E-state index contributed by atoms with van der Waals surface area (Å²) in [6, 6.07) is 7.71. The van der Waals surface area contributed by atoms with E-state index in [0.717, 1.165) is 42.1 Å². The van der Waals surface area contributed by atoms with Crippen molar-refractivity contribution in [2.45, 2.75) is 44.4 Å². The first-order valence-corrected chi connectivity index (χ1v) is 11.2. The summed E-state index contributed by atoms with van der Waals surface area (Å²) in [4.78, 5) is 22.1. The third-order valence-electron chi connectivity index (χ3n) is 6.46. The van der Waals surface area contributed by atoms with Crippen molar-refractivity contribution in [3.05, 3.63) is 36.2 Å². The topological polar surface area (TPSA) is 102 Å². The number of hydrogen-bond donors (Lipinski definition) is 3. The molecule has 3 heterocycles. The van der Waals surface area contributed by atoms with Gasteiger partial charge in [-0.15, -0.1) is 0 Å². The minimum atomic E-state index is -0.249. The van der Waals surface area contributed by atoms with Gasteiger partial charge in [-0.3, -0.25) is 0 Å². The standard InChI is InChI=1S/C23H26N6O3/c1-24-17-9-20-26-16-8-14(4-6-19(16)31-10-13-2-3-13)11-32-18-7-5-15(18)27-23(30)29-12-25-21(17)22(29)28-20/h4,6,8-9,12-13,15,18H,2-3,5,7,10-11H2,1H3,(H,27,30)(H2,24,26,28)/t15-,18-/m1/s1. The van der Waals surface area contributed by atoms with E-state index in [1.54, 1.807) is 0 Å². The van der Waals surface area contributed by atoms with Crippen LogP contribution in [-0.2, 0) is 11.3 Å². The number of amides is 1. The lowest BCUT2D eigenvalue weighted by atomic mass is 9.89. The largest absolute Gasteiger partial charge is 0.491 e. The minimum absolute atomic E-state index is 0.00438. The second-order valence-corrected chi connectivity index (χ2v) is 8.78. The van der Waals surface area contributed by atoms with Gasteiger partial charge in [0, 0.05) is 13.1 Å². The second-order valence-electron chi connectivity index (χ2n) is 8.78. The number of carbonyl (C=O) groups excluding carboxylic acids is 1. The molecule has 1 aliphatic heterocycles. The SMILES string of the molecule is CNc1cc2nc3c1ncn3C(=O)N[C@@H]1CC[C@H]1OCc1ccc(OCC3CC3)c(c1)N2. The molecule has 1 amide bonds. The highest BCUT2D eigenvalue weighted by atomic mass is 16.5. The van der Waals surface area contributed by atoms with Crippen LogP contribution in [0.3, 0.4) is 0 Å². The summed E-state index contributed by atoms with van der Waals surface area (Å²) in [5, 5.41) is 9.64. The van der Waals surface area contributed by atoms with Crippen LogP contribution in [0.25, 0.3) is 11.2 Å². The Morgan fingerprint density at radius 1 is 1.25 bits per heavy atom. The van der Waals surface area contributed by atoms with Gasteiger partial charge < -0.3 is 25.4 Å². The molecule has 0 radical (unpaired) electrons. The molecule has 4 bridgehead atoms. The van der Waals surface area contributed by atoms with Crippen molar-refractivity contribution >= 4 is 34.4 Å². The molecule has 6 rings (SSSR count). The molecule has 2 aliphatic carbocycles. The number of aromatic nitrogens is 3. The molecule has 3 aromatic rings. The molecule has 2 atom stereocenters. The van der Waals surface area contributed by atoms with E-state index < -0.39 is 0 Å². The molecular formula is C23H26N6O3. The van der Waals surface area contributed by atoms with Gasteiger partial charge in [-0.05, 0) is 49.3 Å². The lowest BCUT2D eigenvalue weighted by Gasteiger charge is -2.36. The van der Waals surface area contributed by atoms with Crippen LogP contribution in [0.5, 0.6) is 5.75 Å². The highest BCUT2D eigenvalue weighted by Crippen LogP contribution is 2.35. The monoisotopic (exact) mass is 434 g/mol. The number of rotatable bonds is 4. The Kier molecular flexibility index (Phi) is 4.64. The Morgan fingerprint density at radius 2 is 2.16 bits per heavy atom. The van der Waals surface area contributed by atoms with Crippen molar-refractivity contribution in [1.82, 2.24) is 19.9 Å². The number of hydrogen-bond acceptors (Lipinski definition) is 7. The average molecular weight is 435 g/mol. The predicted molar refractivity (Wildman–Crippen MR) is 121 cm³/mol. The number of ether oxygens (including phenoxy) is 2. The van der Waals surface area contributed by atoms with E-state index in [4.69, 9.17) is 14.5 Å². The van der Waals surface area contributed by atoms with Crippen LogP contribution in [-0.4, -0.2) is 46.4 Å². The lowest BCUT2D eigenvalue weighted by molar-refractivity contribution is -0.0323.